The number of carbonyl (C=O) groups is 2. The Morgan fingerprint density at radius 1 is 1.10 bits per heavy atom. The number of nitrogens with one attached hydrogen (secondary N) is 2. The highest BCUT2D eigenvalue weighted by Crippen LogP contribution is 2.32. The zero-order valence-corrected chi connectivity index (χ0v) is 19.2. The van der Waals surface area contributed by atoms with E-state index in [9.17, 15) is 9.59 Å². The molecular weight excluding hydrogens is 392 g/mol. The molecule has 1 aromatic carbocycles. The van der Waals surface area contributed by atoms with Gasteiger partial charge >= 0.3 is 6.09 Å². The van der Waals surface area contributed by atoms with Gasteiger partial charge in [-0.25, -0.2) is 4.79 Å². The third-order valence-corrected chi connectivity index (χ3v) is 5.94. The maximum Gasteiger partial charge on any atom is 0.408 e. The lowest BCUT2D eigenvalue weighted by Gasteiger charge is -2.32. The van der Waals surface area contributed by atoms with Gasteiger partial charge in [0.1, 0.15) is 0 Å². The van der Waals surface area contributed by atoms with Gasteiger partial charge in [0.25, 0.3) is 5.91 Å². The van der Waals surface area contributed by atoms with E-state index in [1.165, 1.54) is 5.57 Å². The molecule has 2 amide bonds. The smallest absolute Gasteiger partial charge is 0.408 e. The van der Waals surface area contributed by atoms with Crippen LogP contribution >= 0.6 is 0 Å². The van der Waals surface area contributed by atoms with E-state index in [2.05, 4.69) is 23.6 Å². The Morgan fingerprint density at radius 3 is 2.35 bits per heavy atom. The Hall–Kier alpha value is -2.34. The maximum atomic E-state index is 13.1. The van der Waals surface area contributed by atoms with Crippen molar-refractivity contribution in [2.75, 3.05) is 18.5 Å². The fourth-order valence-electron chi connectivity index (χ4n) is 4.17. The molecule has 0 aromatic heterocycles. The molecular formula is C25H36N2O4. The lowest BCUT2D eigenvalue weighted by Crippen LogP contribution is -2.46. The highest BCUT2D eigenvalue weighted by molar-refractivity contribution is 5.95. The van der Waals surface area contributed by atoms with Gasteiger partial charge in [0.05, 0.1) is 13.2 Å². The van der Waals surface area contributed by atoms with Crippen molar-refractivity contribution in [3.05, 3.63) is 35.9 Å². The first kappa shape index (κ1) is 23.3. The van der Waals surface area contributed by atoms with E-state index in [0.717, 1.165) is 44.3 Å². The van der Waals surface area contributed by atoms with Crippen molar-refractivity contribution >= 4 is 23.3 Å². The van der Waals surface area contributed by atoms with Crippen LogP contribution in [0, 0.1) is 11.8 Å². The van der Waals surface area contributed by atoms with Crippen molar-refractivity contribution in [2.24, 2.45) is 11.8 Å². The van der Waals surface area contributed by atoms with Crippen LogP contribution in [0.1, 0.15) is 65.4 Å². The van der Waals surface area contributed by atoms with Gasteiger partial charge < -0.3 is 20.1 Å². The fourth-order valence-corrected chi connectivity index (χ4v) is 4.17. The summed E-state index contributed by atoms with van der Waals surface area (Å²) in [6.45, 7) is 9.28. The Labute approximate surface area is 185 Å². The van der Waals surface area contributed by atoms with Crippen molar-refractivity contribution < 1.29 is 19.1 Å². The third kappa shape index (κ3) is 7.10. The summed E-state index contributed by atoms with van der Waals surface area (Å²) in [5, 5.41) is 5.76. The van der Waals surface area contributed by atoms with Crippen molar-refractivity contribution in [3.8, 4) is 0 Å². The summed E-state index contributed by atoms with van der Waals surface area (Å²) in [5.74, 6) is 0.422. The number of hydrogen-bond acceptors (Lipinski definition) is 4. The number of amides is 2. The van der Waals surface area contributed by atoms with E-state index >= 15 is 0 Å². The zero-order chi connectivity index (χ0) is 22.4. The molecule has 1 unspecified atom stereocenters. The Kier molecular flexibility index (Phi) is 7.76. The largest absolute Gasteiger partial charge is 0.436 e. The minimum absolute atomic E-state index is 0.0357. The average molecular weight is 429 g/mol. The number of benzene rings is 1. The second-order valence-electron chi connectivity index (χ2n) is 9.84. The van der Waals surface area contributed by atoms with Crippen LogP contribution < -0.4 is 10.6 Å². The minimum atomic E-state index is -0.798. The second-order valence-corrected chi connectivity index (χ2v) is 9.84. The van der Waals surface area contributed by atoms with E-state index in [-0.39, 0.29) is 11.8 Å². The number of ether oxygens (including phenoxy) is 2. The molecule has 0 bridgehead atoms. The summed E-state index contributed by atoms with van der Waals surface area (Å²) in [6.07, 6.45) is 5.51. The average Bonchev–Trinajstić information content (AvgIpc) is 2.73. The first-order chi connectivity index (χ1) is 14.7. The molecule has 1 saturated carbocycles. The van der Waals surface area contributed by atoms with Crippen molar-refractivity contribution in [1.82, 2.24) is 5.32 Å². The number of carbonyl (C=O) groups excluding carboxylic acids is 2. The van der Waals surface area contributed by atoms with Gasteiger partial charge in [-0.3, -0.25) is 4.79 Å². The number of rotatable bonds is 5. The van der Waals surface area contributed by atoms with Crippen LogP contribution in [0.15, 0.2) is 30.3 Å². The Morgan fingerprint density at radius 2 is 1.77 bits per heavy atom. The molecule has 1 fully saturated rings. The number of alkyl carbamates (subject to hydrolysis) is 1. The normalized spacial score (nSPS) is 22.8. The molecule has 0 spiro atoms. The van der Waals surface area contributed by atoms with E-state index in [1.54, 1.807) is 0 Å². The molecule has 1 aliphatic carbocycles. The molecule has 1 heterocycles. The molecule has 1 atom stereocenters. The molecule has 6 nitrogen and oxygen atoms in total. The lowest BCUT2D eigenvalue weighted by molar-refractivity contribution is -0.127. The Bertz CT molecular complexity index is 787. The highest BCUT2D eigenvalue weighted by atomic mass is 16.6. The van der Waals surface area contributed by atoms with E-state index in [1.807, 2.05) is 45.0 Å². The summed E-state index contributed by atoms with van der Waals surface area (Å²) in [4.78, 5) is 25.6. The molecule has 3 rings (SSSR count). The highest BCUT2D eigenvalue weighted by Gasteiger charge is 2.35. The van der Waals surface area contributed by atoms with Crippen LogP contribution in [0.2, 0.25) is 0 Å². The van der Waals surface area contributed by atoms with Gasteiger partial charge in [0.15, 0.2) is 6.10 Å². The first-order valence-corrected chi connectivity index (χ1v) is 11.4. The number of hydrogen-bond donors (Lipinski definition) is 2. The maximum absolute atomic E-state index is 13.1. The van der Waals surface area contributed by atoms with Gasteiger partial charge in [0, 0.05) is 17.1 Å². The lowest BCUT2D eigenvalue weighted by atomic mass is 9.80. The first-order valence-electron chi connectivity index (χ1n) is 11.4. The monoisotopic (exact) mass is 428 g/mol. The van der Waals surface area contributed by atoms with Crippen LogP contribution in [0.25, 0.3) is 5.57 Å². The van der Waals surface area contributed by atoms with E-state index < -0.39 is 17.7 Å². The molecule has 1 aliphatic heterocycles. The van der Waals surface area contributed by atoms with E-state index in [4.69, 9.17) is 9.47 Å². The molecule has 31 heavy (non-hydrogen) atoms. The predicted molar refractivity (Wildman–Crippen MR) is 123 cm³/mol. The minimum Gasteiger partial charge on any atom is -0.436 e. The molecule has 1 aromatic rings. The van der Waals surface area contributed by atoms with Crippen molar-refractivity contribution in [2.45, 2.75) is 71.4 Å². The predicted octanol–water partition coefficient (Wildman–Crippen LogP) is 5.15. The van der Waals surface area contributed by atoms with Crippen LogP contribution in [-0.4, -0.2) is 36.9 Å². The van der Waals surface area contributed by atoms with Crippen LogP contribution in [-0.2, 0) is 14.3 Å². The molecule has 0 radical (unpaired) electrons. The quantitative estimate of drug-likeness (QED) is 0.680. The topological polar surface area (TPSA) is 76.7 Å². The third-order valence-electron chi connectivity index (χ3n) is 5.94. The summed E-state index contributed by atoms with van der Waals surface area (Å²) in [7, 11) is 0. The fraction of sp³-hybridized carbons (Fsp3) is 0.600. The van der Waals surface area contributed by atoms with Gasteiger partial charge in [-0.2, -0.15) is 0 Å². The molecule has 2 N–H and O–H groups in total. The number of anilines is 1. The SMILES string of the molecule is CC1CCC(C(OC(=O)NC(C)(C)C)C(=O)Nc2ccc(C3=CCOCC3)cc2)CC1. The van der Waals surface area contributed by atoms with Gasteiger partial charge in [-0.1, -0.05) is 38.0 Å². The standard InChI is InChI=1S/C25H36N2O4/c1-17-5-7-20(8-6-17)22(31-24(29)27-25(2,3)4)23(28)26-21-11-9-18(10-12-21)19-13-15-30-16-14-19/h9-13,17,20,22H,5-8,14-16H2,1-4H3,(H,26,28)(H,27,29). The molecule has 2 aliphatic rings. The zero-order valence-electron chi connectivity index (χ0n) is 19.2. The van der Waals surface area contributed by atoms with Gasteiger partial charge in [0.2, 0.25) is 0 Å². The summed E-state index contributed by atoms with van der Waals surface area (Å²) in [5.41, 5.74) is 2.68. The summed E-state index contributed by atoms with van der Waals surface area (Å²) < 4.78 is 11.0. The summed E-state index contributed by atoms with van der Waals surface area (Å²) in [6, 6.07) is 7.83. The van der Waals surface area contributed by atoms with E-state index in [0.29, 0.717) is 18.2 Å². The van der Waals surface area contributed by atoms with Crippen molar-refractivity contribution in [3.63, 3.8) is 0 Å². The second kappa shape index (κ2) is 10.3. The van der Waals surface area contributed by atoms with Crippen LogP contribution in [0.4, 0.5) is 10.5 Å². The van der Waals surface area contributed by atoms with Gasteiger partial charge in [-0.05, 0) is 69.2 Å². The molecule has 0 saturated heterocycles. The van der Waals surface area contributed by atoms with Crippen LogP contribution in [0.5, 0.6) is 0 Å². The molecule has 170 valence electrons. The van der Waals surface area contributed by atoms with Crippen LogP contribution in [0.3, 0.4) is 0 Å². The van der Waals surface area contributed by atoms with Crippen molar-refractivity contribution in [1.29, 1.82) is 0 Å². The molecule has 6 heteroatoms. The summed E-state index contributed by atoms with van der Waals surface area (Å²) >= 11 is 0. The Balaban J connectivity index is 1.68. The van der Waals surface area contributed by atoms with Gasteiger partial charge in [-0.15, -0.1) is 0 Å².